The van der Waals surface area contributed by atoms with E-state index < -0.39 is 11.8 Å². The van der Waals surface area contributed by atoms with Gasteiger partial charge in [0.15, 0.2) is 0 Å². The minimum absolute atomic E-state index is 0.0478. The zero-order chi connectivity index (χ0) is 23.0. The third-order valence-electron chi connectivity index (χ3n) is 5.51. The van der Waals surface area contributed by atoms with Crippen molar-refractivity contribution in [2.24, 2.45) is 0 Å². The molecule has 1 aliphatic heterocycles. The Morgan fingerprint density at radius 1 is 0.875 bits per heavy atom. The lowest BCUT2D eigenvalue weighted by atomic mass is 9.97. The van der Waals surface area contributed by atoms with E-state index in [0.29, 0.717) is 27.4 Å². The summed E-state index contributed by atoms with van der Waals surface area (Å²) in [6.45, 7) is 5.82. The number of hydrogen-bond acceptors (Lipinski definition) is 3. The number of rotatable bonds is 5. The van der Waals surface area contributed by atoms with Gasteiger partial charge >= 0.3 is 0 Å². The summed E-state index contributed by atoms with van der Waals surface area (Å²) in [5, 5.41) is 3.69. The molecular weight excluding hydrogens is 427 g/mol. The van der Waals surface area contributed by atoms with Crippen LogP contribution in [-0.2, 0) is 16.1 Å². The maximum atomic E-state index is 13.5. The Kier molecular flexibility index (Phi) is 5.85. The van der Waals surface area contributed by atoms with Crippen molar-refractivity contribution in [2.45, 2.75) is 27.3 Å². The molecular formula is C26H22ClFN2O2. The Morgan fingerprint density at radius 2 is 1.59 bits per heavy atom. The van der Waals surface area contributed by atoms with Crippen molar-refractivity contribution in [1.29, 1.82) is 0 Å². The Balaban J connectivity index is 1.77. The van der Waals surface area contributed by atoms with Crippen LogP contribution in [0.2, 0.25) is 5.02 Å². The van der Waals surface area contributed by atoms with Gasteiger partial charge in [0, 0.05) is 10.7 Å². The molecule has 0 saturated heterocycles. The number of benzene rings is 3. The standard InChI is InChI=1S/C26H22ClFN2O2/c1-15-4-11-21(17(3)12-15)23-24(29-20-10-5-16(2)22(27)13-20)26(32)30(25(23)31)14-18-6-8-19(28)9-7-18/h4-13,29H,14H2,1-3H3. The second-order valence-electron chi connectivity index (χ2n) is 7.98. The van der Waals surface area contributed by atoms with E-state index in [1.54, 1.807) is 18.2 Å². The highest BCUT2D eigenvalue weighted by Gasteiger charge is 2.39. The van der Waals surface area contributed by atoms with Gasteiger partial charge in [-0.25, -0.2) is 4.39 Å². The number of halogens is 2. The van der Waals surface area contributed by atoms with Crippen LogP contribution >= 0.6 is 11.6 Å². The number of aryl methyl sites for hydroxylation is 3. The van der Waals surface area contributed by atoms with E-state index in [1.165, 1.54) is 17.0 Å². The summed E-state index contributed by atoms with van der Waals surface area (Å²) in [6.07, 6.45) is 0. The molecule has 0 aromatic heterocycles. The molecule has 4 nitrogen and oxygen atoms in total. The van der Waals surface area contributed by atoms with Gasteiger partial charge < -0.3 is 5.32 Å². The van der Waals surface area contributed by atoms with Crippen molar-refractivity contribution in [3.63, 3.8) is 0 Å². The van der Waals surface area contributed by atoms with Crippen LogP contribution in [0.25, 0.3) is 5.57 Å². The second-order valence-corrected chi connectivity index (χ2v) is 8.39. The first-order valence-electron chi connectivity index (χ1n) is 10.2. The van der Waals surface area contributed by atoms with Gasteiger partial charge in [-0.2, -0.15) is 0 Å². The predicted molar refractivity (Wildman–Crippen MR) is 125 cm³/mol. The molecule has 0 spiro atoms. The van der Waals surface area contributed by atoms with Crippen LogP contribution in [0.4, 0.5) is 10.1 Å². The molecule has 1 aliphatic rings. The second kappa shape index (κ2) is 8.60. The molecule has 0 fully saturated rings. The molecule has 0 bridgehead atoms. The molecule has 3 aromatic carbocycles. The lowest BCUT2D eigenvalue weighted by Gasteiger charge is -2.16. The number of carbonyl (C=O) groups is 2. The van der Waals surface area contributed by atoms with E-state index in [2.05, 4.69) is 5.32 Å². The Morgan fingerprint density at radius 3 is 2.25 bits per heavy atom. The molecule has 0 saturated carbocycles. The number of nitrogens with zero attached hydrogens (tertiary/aromatic N) is 1. The molecule has 0 unspecified atom stereocenters. The fourth-order valence-electron chi connectivity index (χ4n) is 3.77. The fourth-order valence-corrected chi connectivity index (χ4v) is 3.95. The summed E-state index contributed by atoms with van der Waals surface area (Å²) in [5.41, 5.74) is 5.34. The zero-order valence-electron chi connectivity index (χ0n) is 18.0. The van der Waals surface area contributed by atoms with E-state index in [4.69, 9.17) is 11.6 Å². The average molecular weight is 449 g/mol. The number of imide groups is 1. The largest absolute Gasteiger partial charge is 0.350 e. The highest BCUT2D eigenvalue weighted by atomic mass is 35.5. The normalized spacial score (nSPS) is 13.8. The summed E-state index contributed by atoms with van der Waals surface area (Å²) in [4.78, 5) is 28.0. The molecule has 1 N–H and O–H groups in total. The maximum absolute atomic E-state index is 13.5. The zero-order valence-corrected chi connectivity index (χ0v) is 18.8. The lowest BCUT2D eigenvalue weighted by Crippen LogP contribution is -2.32. The number of hydrogen-bond donors (Lipinski definition) is 1. The van der Waals surface area contributed by atoms with Gasteiger partial charge in [0.05, 0.1) is 12.1 Å². The molecule has 32 heavy (non-hydrogen) atoms. The average Bonchev–Trinajstić information content (AvgIpc) is 2.97. The van der Waals surface area contributed by atoms with Gasteiger partial charge in [0.1, 0.15) is 11.5 Å². The molecule has 162 valence electrons. The van der Waals surface area contributed by atoms with Crippen molar-refractivity contribution in [3.8, 4) is 0 Å². The van der Waals surface area contributed by atoms with Crippen molar-refractivity contribution in [1.82, 2.24) is 4.90 Å². The third-order valence-corrected chi connectivity index (χ3v) is 5.92. The highest BCUT2D eigenvalue weighted by molar-refractivity contribution is 6.37. The first-order valence-corrected chi connectivity index (χ1v) is 10.6. The molecule has 4 rings (SSSR count). The van der Waals surface area contributed by atoms with E-state index in [-0.39, 0.29) is 18.1 Å². The summed E-state index contributed by atoms with van der Waals surface area (Å²) in [6, 6.07) is 16.9. The molecule has 0 aliphatic carbocycles. The van der Waals surface area contributed by atoms with E-state index >= 15 is 0 Å². The van der Waals surface area contributed by atoms with Crippen LogP contribution in [0.1, 0.15) is 27.8 Å². The molecule has 0 atom stereocenters. The number of anilines is 1. The first kappa shape index (κ1) is 21.8. The van der Waals surface area contributed by atoms with E-state index in [1.807, 2.05) is 51.1 Å². The Hall–Kier alpha value is -3.44. The van der Waals surface area contributed by atoms with Crippen LogP contribution in [0.3, 0.4) is 0 Å². The molecule has 6 heteroatoms. The van der Waals surface area contributed by atoms with Gasteiger partial charge in [-0.05, 0) is 67.3 Å². The van der Waals surface area contributed by atoms with Crippen molar-refractivity contribution in [2.75, 3.05) is 5.32 Å². The first-order chi connectivity index (χ1) is 15.2. The molecule has 2 amide bonds. The van der Waals surface area contributed by atoms with Gasteiger partial charge in [-0.15, -0.1) is 0 Å². The number of nitrogens with one attached hydrogen (secondary N) is 1. The van der Waals surface area contributed by atoms with Crippen LogP contribution in [0, 0.1) is 26.6 Å². The van der Waals surface area contributed by atoms with Crippen molar-refractivity contribution >= 4 is 34.7 Å². The van der Waals surface area contributed by atoms with Crippen LogP contribution < -0.4 is 5.32 Å². The summed E-state index contributed by atoms with van der Waals surface area (Å²) < 4.78 is 13.3. The van der Waals surface area contributed by atoms with Gasteiger partial charge in [-0.1, -0.05) is 53.6 Å². The molecule has 0 radical (unpaired) electrons. The van der Waals surface area contributed by atoms with Crippen LogP contribution in [0.15, 0.2) is 66.4 Å². The summed E-state index contributed by atoms with van der Waals surface area (Å²) in [5.74, 6) is -1.21. The Bertz CT molecular complexity index is 1270. The minimum Gasteiger partial charge on any atom is -0.350 e. The quantitative estimate of drug-likeness (QED) is 0.502. The summed E-state index contributed by atoms with van der Waals surface area (Å²) in [7, 11) is 0. The number of carbonyl (C=O) groups excluding carboxylic acids is 2. The predicted octanol–water partition coefficient (Wildman–Crippen LogP) is 5.80. The lowest BCUT2D eigenvalue weighted by molar-refractivity contribution is -0.137. The fraction of sp³-hybridized carbons (Fsp3) is 0.154. The summed E-state index contributed by atoms with van der Waals surface area (Å²) >= 11 is 6.26. The minimum atomic E-state index is -0.439. The van der Waals surface area contributed by atoms with Gasteiger partial charge in [0.25, 0.3) is 11.8 Å². The van der Waals surface area contributed by atoms with E-state index in [0.717, 1.165) is 16.7 Å². The monoisotopic (exact) mass is 448 g/mol. The molecule has 1 heterocycles. The van der Waals surface area contributed by atoms with Crippen LogP contribution in [-0.4, -0.2) is 16.7 Å². The third kappa shape index (κ3) is 4.16. The van der Waals surface area contributed by atoms with E-state index in [9.17, 15) is 14.0 Å². The van der Waals surface area contributed by atoms with Gasteiger partial charge in [-0.3, -0.25) is 14.5 Å². The van der Waals surface area contributed by atoms with Gasteiger partial charge in [0.2, 0.25) is 0 Å². The maximum Gasteiger partial charge on any atom is 0.278 e. The highest BCUT2D eigenvalue weighted by Crippen LogP contribution is 2.34. The van der Waals surface area contributed by atoms with Crippen LogP contribution in [0.5, 0.6) is 0 Å². The topological polar surface area (TPSA) is 49.4 Å². The SMILES string of the molecule is Cc1ccc(C2=C(Nc3ccc(C)c(Cl)c3)C(=O)N(Cc3ccc(F)cc3)C2=O)c(C)c1. The molecule has 3 aromatic rings. The Labute approximate surface area is 191 Å². The smallest absolute Gasteiger partial charge is 0.278 e. The van der Waals surface area contributed by atoms with Crippen molar-refractivity contribution in [3.05, 3.63) is 105 Å². The van der Waals surface area contributed by atoms with Crippen molar-refractivity contribution < 1.29 is 14.0 Å². The number of amides is 2.